The van der Waals surface area contributed by atoms with E-state index < -0.39 is 0 Å². The number of nitrogens with zero attached hydrogens (tertiary/aromatic N) is 2. The summed E-state index contributed by atoms with van der Waals surface area (Å²) in [6.45, 7) is 3.89. The molecule has 0 atom stereocenters. The zero-order valence-electron chi connectivity index (χ0n) is 17.0. The van der Waals surface area contributed by atoms with Crippen molar-refractivity contribution in [1.82, 2.24) is 21.5 Å². The largest absolute Gasteiger partial charge is 0.364 e. The van der Waals surface area contributed by atoms with Gasteiger partial charge in [-0.2, -0.15) is 10.2 Å². The molecule has 4 N–H and O–H groups in total. The summed E-state index contributed by atoms with van der Waals surface area (Å²) in [6, 6.07) is 16.8. The van der Waals surface area contributed by atoms with Crippen molar-refractivity contribution in [2.24, 2.45) is 10.2 Å². The first kappa shape index (κ1) is 22.4. The summed E-state index contributed by atoms with van der Waals surface area (Å²) in [5, 5.41) is 15.2. The van der Waals surface area contributed by atoms with Gasteiger partial charge in [0.05, 0.1) is 11.4 Å². The Morgan fingerprint density at radius 1 is 0.690 bits per heavy atom. The molecule has 2 rings (SSSR count). The van der Waals surface area contributed by atoms with E-state index in [2.05, 4.69) is 80.2 Å². The number of hydrazone groups is 2. The van der Waals surface area contributed by atoms with Gasteiger partial charge in [-0.05, 0) is 67.0 Å². The van der Waals surface area contributed by atoms with E-state index in [1.165, 1.54) is 11.1 Å². The molecule has 152 valence electrons. The fourth-order valence-corrected chi connectivity index (χ4v) is 2.56. The molecule has 8 heteroatoms. The van der Waals surface area contributed by atoms with Crippen LogP contribution >= 0.6 is 24.4 Å². The van der Waals surface area contributed by atoms with Gasteiger partial charge in [-0.15, -0.1) is 0 Å². The Morgan fingerprint density at radius 3 is 1.34 bits per heavy atom. The molecule has 29 heavy (non-hydrogen) atoms. The monoisotopic (exact) mass is 426 g/mol. The SMILES string of the molecule is CNC(=S)N/N=C(\C)c1ccc(Cc2ccc(/C(C)=N/NC(=S)NC)cc2)cc1. The molecule has 0 radical (unpaired) electrons. The summed E-state index contributed by atoms with van der Waals surface area (Å²) in [4.78, 5) is 0. The summed E-state index contributed by atoms with van der Waals surface area (Å²) in [5.41, 5.74) is 11.9. The van der Waals surface area contributed by atoms with Gasteiger partial charge in [-0.3, -0.25) is 10.9 Å². The van der Waals surface area contributed by atoms with Crippen LogP contribution in [0.3, 0.4) is 0 Å². The maximum Gasteiger partial charge on any atom is 0.186 e. The number of hydrogen-bond donors (Lipinski definition) is 4. The number of rotatable bonds is 6. The smallest absolute Gasteiger partial charge is 0.186 e. The van der Waals surface area contributed by atoms with E-state index in [-0.39, 0.29) is 0 Å². The lowest BCUT2D eigenvalue weighted by molar-refractivity contribution is 0.973. The molecule has 2 aromatic carbocycles. The number of hydrogen-bond acceptors (Lipinski definition) is 4. The Balaban J connectivity index is 2.00. The normalized spacial score (nSPS) is 11.6. The van der Waals surface area contributed by atoms with Gasteiger partial charge in [0.15, 0.2) is 10.2 Å². The summed E-state index contributed by atoms with van der Waals surface area (Å²) in [6.07, 6.45) is 0.858. The zero-order valence-corrected chi connectivity index (χ0v) is 18.7. The third-order valence-electron chi connectivity index (χ3n) is 4.26. The van der Waals surface area contributed by atoms with Crippen LogP contribution in [-0.4, -0.2) is 35.7 Å². The van der Waals surface area contributed by atoms with Crippen molar-refractivity contribution in [2.45, 2.75) is 20.3 Å². The van der Waals surface area contributed by atoms with Crippen molar-refractivity contribution in [3.05, 3.63) is 70.8 Å². The Bertz CT molecular complexity index is 826. The average Bonchev–Trinajstić information content (AvgIpc) is 2.76. The lowest BCUT2D eigenvalue weighted by Crippen LogP contribution is -2.29. The molecule has 0 bridgehead atoms. The Hall–Kier alpha value is -2.84. The number of nitrogens with one attached hydrogen (secondary N) is 4. The predicted octanol–water partition coefficient (Wildman–Crippen LogP) is 2.91. The van der Waals surface area contributed by atoms with Crippen LogP contribution < -0.4 is 21.5 Å². The molecule has 0 aliphatic carbocycles. The van der Waals surface area contributed by atoms with Gasteiger partial charge in [0, 0.05) is 14.1 Å². The summed E-state index contributed by atoms with van der Waals surface area (Å²) < 4.78 is 0. The molecule has 0 aliphatic rings. The molecule has 0 amide bonds. The highest BCUT2D eigenvalue weighted by Crippen LogP contribution is 2.13. The van der Waals surface area contributed by atoms with Crippen LogP contribution in [0.25, 0.3) is 0 Å². The first-order valence-corrected chi connectivity index (χ1v) is 9.97. The second-order valence-corrected chi connectivity index (χ2v) is 7.16. The van der Waals surface area contributed by atoms with Crippen LogP contribution in [0.2, 0.25) is 0 Å². The van der Waals surface area contributed by atoms with E-state index in [9.17, 15) is 0 Å². The molecule has 0 spiro atoms. The minimum absolute atomic E-state index is 0.491. The predicted molar refractivity (Wildman–Crippen MR) is 130 cm³/mol. The topological polar surface area (TPSA) is 72.8 Å². The zero-order chi connectivity index (χ0) is 21.2. The average molecular weight is 427 g/mol. The standard InChI is InChI=1S/C21H26N6S2/c1-14(24-26-20(28)22-3)18-9-5-16(6-10-18)13-17-7-11-19(12-8-17)15(2)25-27-21(29)23-4/h5-12H,13H2,1-4H3,(H2,22,26,28)(H2,23,27,29)/b24-14+,25-15+. The lowest BCUT2D eigenvalue weighted by Gasteiger charge is -2.07. The van der Waals surface area contributed by atoms with Gasteiger partial charge in [0.1, 0.15) is 0 Å². The van der Waals surface area contributed by atoms with Crippen LogP contribution in [0, 0.1) is 0 Å². The van der Waals surface area contributed by atoms with Gasteiger partial charge in [-0.1, -0.05) is 48.5 Å². The maximum atomic E-state index is 5.03. The van der Waals surface area contributed by atoms with Crippen LogP contribution in [0.1, 0.15) is 36.1 Å². The van der Waals surface area contributed by atoms with E-state index in [1.807, 2.05) is 13.8 Å². The van der Waals surface area contributed by atoms with E-state index in [1.54, 1.807) is 14.1 Å². The van der Waals surface area contributed by atoms with Crippen molar-refractivity contribution in [3.63, 3.8) is 0 Å². The molecular formula is C21H26N6S2. The fourth-order valence-electron chi connectivity index (χ4n) is 2.47. The van der Waals surface area contributed by atoms with Crippen LogP contribution in [0.4, 0.5) is 0 Å². The molecule has 0 heterocycles. The first-order chi connectivity index (χ1) is 13.9. The van der Waals surface area contributed by atoms with Crippen molar-refractivity contribution in [1.29, 1.82) is 0 Å². The van der Waals surface area contributed by atoms with E-state index in [0.29, 0.717) is 10.2 Å². The third kappa shape index (κ3) is 7.24. The summed E-state index contributed by atoms with van der Waals surface area (Å²) in [5.74, 6) is 0. The highest BCUT2D eigenvalue weighted by molar-refractivity contribution is 7.80. The molecule has 2 aromatic rings. The molecule has 0 aromatic heterocycles. The second kappa shape index (κ2) is 11.2. The minimum Gasteiger partial charge on any atom is -0.364 e. The van der Waals surface area contributed by atoms with Crippen LogP contribution in [0.5, 0.6) is 0 Å². The van der Waals surface area contributed by atoms with E-state index in [0.717, 1.165) is 29.0 Å². The Morgan fingerprint density at radius 2 is 1.03 bits per heavy atom. The van der Waals surface area contributed by atoms with Crippen molar-refractivity contribution < 1.29 is 0 Å². The molecule has 6 nitrogen and oxygen atoms in total. The van der Waals surface area contributed by atoms with Crippen LogP contribution in [0.15, 0.2) is 58.7 Å². The van der Waals surface area contributed by atoms with Crippen LogP contribution in [-0.2, 0) is 6.42 Å². The van der Waals surface area contributed by atoms with E-state index in [4.69, 9.17) is 24.4 Å². The van der Waals surface area contributed by atoms with Crippen molar-refractivity contribution in [3.8, 4) is 0 Å². The minimum atomic E-state index is 0.491. The molecule has 0 unspecified atom stereocenters. The molecule has 0 saturated heterocycles. The summed E-state index contributed by atoms with van der Waals surface area (Å²) in [7, 11) is 3.51. The highest BCUT2D eigenvalue weighted by atomic mass is 32.1. The van der Waals surface area contributed by atoms with E-state index >= 15 is 0 Å². The lowest BCUT2D eigenvalue weighted by atomic mass is 10.0. The molecule has 0 aliphatic heterocycles. The fraction of sp³-hybridized carbons (Fsp3) is 0.238. The van der Waals surface area contributed by atoms with Gasteiger partial charge in [-0.25, -0.2) is 0 Å². The summed E-state index contributed by atoms with van der Waals surface area (Å²) >= 11 is 10.1. The molecule has 0 saturated carbocycles. The third-order valence-corrected chi connectivity index (χ3v) is 4.85. The first-order valence-electron chi connectivity index (χ1n) is 9.15. The molecular weight excluding hydrogens is 400 g/mol. The van der Waals surface area contributed by atoms with Crippen molar-refractivity contribution >= 4 is 46.1 Å². The molecule has 0 fully saturated rings. The number of thiocarbonyl (C=S) groups is 2. The van der Waals surface area contributed by atoms with Gasteiger partial charge in [0.2, 0.25) is 0 Å². The Kier molecular flexibility index (Phi) is 8.69. The number of benzene rings is 2. The highest BCUT2D eigenvalue weighted by Gasteiger charge is 2.02. The Labute approximate surface area is 182 Å². The van der Waals surface area contributed by atoms with Gasteiger partial charge in [0.25, 0.3) is 0 Å². The maximum absolute atomic E-state index is 5.03. The second-order valence-electron chi connectivity index (χ2n) is 6.35. The van der Waals surface area contributed by atoms with Gasteiger partial charge >= 0.3 is 0 Å². The quantitative estimate of drug-likeness (QED) is 0.323. The van der Waals surface area contributed by atoms with Gasteiger partial charge < -0.3 is 10.6 Å². The van der Waals surface area contributed by atoms with Crippen molar-refractivity contribution in [2.75, 3.05) is 14.1 Å².